The summed E-state index contributed by atoms with van der Waals surface area (Å²) >= 11 is 0. The van der Waals surface area contributed by atoms with Crippen molar-refractivity contribution in [1.82, 2.24) is 4.90 Å². The SMILES string of the molecule is COCC(=O)[C@H](C)C[C@H](C)/C=C/C=C/C=C(\C)[C@H](C[C@@H]1CC[C@@H](C)[C@](O)(C(=O)C(=O)N2CCCCC2C(=O)O)O1)OC. The second kappa shape index (κ2) is 16.8. The maximum absolute atomic E-state index is 13.3. The topological polar surface area (TPSA) is 140 Å². The Balaban J connectivity index is 2.00. The van der Waals surface area contributed by atoms with Crippen LogP contribution in [0.4, 0.5) is 0 Å². The number of amides is 1. The number of Topliss-reactive ketones (excluding diaryl/α,β-unsaturated/α-hetero) is 2. The normalized spacial score (nSPS) is 27.6. The largest absolute Gasteiger partial charge is 0.480 e. The highest BCUT2D eigenvalue weighted by Crippen LogP contribution is 2.36. The summed E-state index contributed by atoms with van der Waals surface area (Å²) in [4.78, 5) is 51.0. The number of piperidine rings is 1. The Morgan fingerprint density at radius 1 is 1.07 bits per heavy atom. The molecule has 2 aliphatic rings. The van der Waals surface area contributed by atoms with Crippen LogP contribution in [0, 0.1) is 17.8 Å². The van der Waals surface area contributed by atoms with Crippen molar-refractivity contribution in [3.8, 4) is 0 Å². The van der Waals surface area contributed by atoms with Gasteiger partial charge in [-0.05, 0) is 56.9 Å². The predicted octanol–water partition coefficient (Wildman–Crippen LogP) is 3.87. The third-order valence-electron chi connectivity index (χ3n) is 8.36. The Morgan fingerprint density at radius 3 is 2.43 bits per heavy atom. The van der Waals surface area contributed by atoms with Crippen LogP contribution in [-0.2, 0) is 33.4 Å². The predicted molar refractivity (Wildman–Crippen MR) is 157 cm³/mol. The number of aliphatic carboxylic acids is 1. The lowest BCUT2D eigenvalue weighted by atomic mass is 9.85. The fourth-order valence-electron chi connectivity index (χ4n) is 5.61. The maximum Gasteiger partial charge on any atom is 0.326 e. The minimum Gasteiger partial charge on any atom is -0.480 e. The van der Waals surface area contributed by atoms with Crippen molar-refractivity contribution in [1.29, 1.82) is 0 Å². The van der Waals surface area contributed by atoms with Crippen molar-refractivity contribution < 1.29 is 43.6 Å². The van der Waals surface area contributed by atoms with Gasteiger partial charge in [-0.15, -0.1) is 0 Å². The summed E-state index contributed by atoms with van der Waals surface area (Å²) in [5, 5.41) is 20.8. The van der Waals surface area contributed by atoms with Crippen molar-refractivity contribution in [2.75, 3.05) is 27.4 Å². The zero-order valence-corrected chi connectivity index (χ0v) is 25.9. The molecule has 2 aliphatic heterocycles. The van der Waals surface area contributed by atoms with Gasteiger partial charge in [0, 0.05) is 39.0 Å². The van der Waals surface area contributed by atoms with E-state index in [0.29, 0.717) is 32.1 Å². The Bertz CT molecular complexity index is 1040. The van der Waals surface area contributed by atoms with Gasteiger partial charge in [0.15, 0.2) is 5.78 Å². The lowest BCUT2D eigenvalue weighted by Crippen LogP contribution is -2.60. The summed E-state index contributed by atoms with van der Waals surface area (Å²) in [5.74, 6) is -6.00. The van der Waals surface area contributed by atoms with E-state index in [0.717, 1.165) is 16.9 Å². The average Bonchev–Trinajstić information content (AvgIpc) is 2.96. The molecule has 2 N–H and O–H groups in total. The molecular weight excluding hydrogens is 542 g/mol. The van der Waals surface area contributed by atoms with E-state index >= 15 is 0 Å². The Kier molecular flexibility index (Phi) is 14.2. The second-order valence-electron chi connectivity index (χ2n) is 11.7. The molecule has 2 heterocycles. The summed E-state index contributed by atoms with van der Waals surface area (Å²) in [7, 11) is 3.10. The van der Waals surface area contributed by atoms with Gasteiger partial charge in [0.2, 0.25) is 5.79 Å². The zero-order chi connectivity index (χ0) is 31.4. The molecule has 0 bridgehead atoms. The van der Waals surface area contributed by atoms with Gasteiger partial charge in [0.05, 0.1) is 12.2 Å². The van der Waals surface area contributed by atoms with Crippen molar-refractivity contribution in [3.63, 3.8) is 0 Å². The average molecular weight is 592 g/mol. The monoisotopic (exact) mass is 591 g/mol. The van der Waals surface area contributed by atoms with Crippen LogP contribution < -0.4 is 0 Å². The first kappa shape index (κ1) is 35.5. The van der Waals surface area contributed by atoms with Gasteiger partial charge in [-0.25, -0.2) is 4.79 Å². The van der Waals surface area contributed by atoms with Crippen LogP contribution in [0.3, 0.4) is 0 Å². The highest BCUT2D eigenvalue weighted by atomic mass is 16.6. The van der Waals surface area contributed by atoms with Gasteiger partial charge >= 0.3 is 5.97 Å². The summed E-state index contributed by atoms with van der Waals surface area (Å²) < 4.78 is 16.5. The summed E-state index contributed by atoms with van der Waals surface area (Å²) in [6.07, 6.45) is 12.5. The first-order valence-electron chi connectivity index (χ1n) is 14.9. The zero-order valence-electron chi connectivity index (χ0n) is 25.9. The van der Waals surface area contributed by atoms with E-state index in [1.807, 2.05) is 44.2 Å². The fraction of sp³-hybridized carbons (Fsp3) is 0.688. The summed E-state index contributed by atoms with van der Waals surface area (Å²) in [6.45, 7) is 7.83. The van der Waals surface area contributed by atoms with E-state index in [1.54, 1.807) is 14.0 Å². The minimum absolute atomic E-state index is 0.0688. The number of nitrogens with zero attached hydrogens (tertiary/aromatic N) is 1. The standard InChI is InChI=1S/C32H49NO9/c1-21(18-23(3)27(34)20-40-5)12-8-7-9-13-22(2)28(41-6)19-25-16-15-24(4)32(39,42-25)29(35)30(36)33-17-11-10-14-26(33)31(37)38/h7-9,12-13,21,23-26,28,39H,10-11,14-20H2,1-6H3,(H,37,38)/b9-7+,12-8+,22-13+/t21-,23-,24-,25+,26?,28+,32-/m1/s1. The number of allylic oxidation sites excluding steroid dienone is 5. The Labute approximate surface area is 249 Å². The quantitative estimate of drug-likeness (QED) is 0.215. The molecule has 0 aromatic rings. The van der Waals surface area contributed by atoms with E-state index < -0.39 is 41.5 Å². The van der Waals surface area contributed by atoms with Crippen LogP contribution >= 0.6 is 0 Å². The van der Waals surface area contributed by atoms with Crippen molar-refractivity contribution in [3.05, 3.63) is 36.0 Å². The lowest BCUT2D eigenvalue weighted by Gasteiger charge is -2.42. The van der Waals surface area contributed by atoms with Gasteiger partial charge in [-0.3, -0.25) is 14.4 Å². The molecule has 42 heavy (non-hydrogen) atoms. The van der Waals surface area contributed by atoms with Crippen LogP contribution in [0.5, 0.6) is 0 Å². The van der Waals surface area contributed by atoms with Crippen LogP contribution in [-0.4, -0.2) is 90.0 Å². The maximum atomic E-state index is 13.3. The number of hydrogen-bond acceptors (Lipinski definition) is 8. The molecule has 0 radical (unpaired) electrons. The molecule has 0 spiro atoms. The number of aliphatic hydroxyl groups is 1. The third kappa shape index (κ3) is 9.69. The van der Waals surface area contributed by atoms with Gasteiger partial charge < -0.3 is 29.3 Å². The molecule has 0 aromatic heterocycles. The lowest BCUT2D eigenvalue weighted by molar-refractivity contribution is -0.265. The van der Waals surface area contributed by atoms with Gasteiger partial charge in [0.1, 0.15) is 12.6 Å². The number of carboxylic acids is 1. The van der Waals surface area contributed by atoms with Crippen LogP contribution in [0.25, 0.3) is 0 Å². The molecule has 2 rings (SSSR count). The molecule has 0 aliphatic carbocycles. The smallest absolute Gasteiger partial charge is 0.326 e. The number of hydrogen-bond donors (Lipinski definition) is 2. The molecule has 1 amide bonds. The number of likely N-dealkylation sites (tertiary alicyclic amines) is 1. The Morgan fingerprint density at radius 2 is 1.79 bits per heavy atom. The molecule has 7 atom stereocenters. The first-order valence-corrected chi connectivity index (χ1v) is 14.9. The third-order valence-corrected chi connectivity index (χ3v) is 8.36. The first-order chi connectivity index (χ1) is 19.8. The molecular formula is C32H49NO9. The van der Waals surface area contributed by atoms with E-state index in [9.17, 15) is 29.4 Å². The molecule has 1 unspecified atom stereocenters. The van der Waals surface area contributed by atoms with E-state index in [1.165, 1.54) is 7.11 Å². The number of ether oxygens (including phenoxy) is 3. The van der Waals surface area contributed by atoms with Crippen molar-refractivity contribution in [2.24, 2.45) is 17.8 Å². The summed E-state index contributed by atoms with van der Waals surface area (Å²) in [6, 6.07) is -1.08. The second-order valence-corrected chi connectivity index (χ2v) is 11.7. The van der Waals surface area contributed by atoms with Crippen LogP contribution in [0.15, 0.2) is 36.0 Å². The molecule has 10 nitrogen and oxygen atoms in total. The minimum atomic E-state index is -2.33. The van der Waals surface area contributed by atoms with Gasteiger partial charge in [-0.2, -0.15) is 0 Å². The molecule has 2 fully saturated rings. The van der Waals surface area contributed by atoms with E-state index in [4.69, 9.17) is 14.2 Å². The number of methoxy groups -OCH3 is 2. The summed E-state index contributed by atoms with van der Waals surface area (Å²) in [5.41, 5.74) is 0.916. The number of ketones is 2. The molecule has 236 valence electrons. The number of rotatable bonds is 15. The Hall–Kier alpha value is -2.66. The molecule has 0 saturated carbocycles. The molecule has 0 aromatic carbocycles. The van der Waals surface area contributed by atoms with Crippen LogP contribution in [0.2, 0.25) is 0 Å². The van der Waals surface area contributed by atoms with E-state index in [-0.39, 0.29) is 43.3 Å². The molecule has 2 saturated heterocycles. The number of carbonyl (C=O) groups is 4. The van der Waals surface area contributed by atoms with Crippen molar-refractivity contribution >= 4 is 23.4 Å². The highest BCUT2D eigenvalue weighted by Gasteiger charge is 2.52. The fourth-order valence-corrected chi connectivity index (χ4v) is 5.61. The number of carbonyl (C=O) groups excluding carboxylic acids is 3. The van der Waals surface area contributed by atoms with E-state index in [2.05, 4.69) is 6.92 Å². The highest BCUT2D eigenvalue weighted by molar-refractivity contribution is 6.39. The van der Waals surface area contributed by atoms with Gasteiger partial charge in [-0.1, -0.05) is 51.2 Å². The van der Waals surface area contributed by atoms with Gasteiger partial charge in [0.25, 0.3) is 11.7 Å². The van der Waals surface area contributed by atoms with Crippen LogP contribution in [0.1, 0.15) is 72.6 Å². The number of carboxylic acid groups (broad SMARTS) is 1. The van der Waals surface area contributed by atoms with Crippen molar-refractivity contribution in [2.45, 2.75) is 96.7 Å². The molecule has 10 heteroatoms.